The number of furan rings is 1. The number of nitro benzene ring substituents is 1. The van der Waals surface area contributed by atoms with Gasteiger partial charge in [0.1, 0.15) is 23.2 Å². The summed E-state index contributed by atoms with van der Waals surface area (Å²) in [6.07, 6.45) is 1.29. The van der Waals surface area contributed by atoms with Crippen LogP contribution in [0.5, 0.6) is 0 Å². The molecule has 0 unspecified atom stereocenters. The Bertz CT molecular complexity index is 1160. The third kappa shape index (κ3) is 4.74. The summed E-state index contributed by atoms with van der Waals surface area (Å²) in [7, 11) is 0. The number of hydrogen-bond donors (Lipinski definition) is 1. The van der Waals surface area contributed by atoms with Gasteiger partial charge in [-0.3, -0.25) is 14.9 Å². The molecule has 3 aromatic rings. The number of hydrogen-bond acceptors (Lipinski definition) is 5. The van der Waals surface area contributed by atoms with Gasteiger partial charge in [-0.2, -0.15) is 5.26 Å². The van der Waals surface area contributed by atoms with Crippen LogP contribution >= 0.6 is 11.6 Å². The van der Waals surface area contributed by atoms with Crippen LogP contribution in [0, 0.1) is 21.4 Å². The topological polar surface area (TPSA) is 109 Å². The molecule has 0 radical (unpaired) electrons. The third-order valence-electron chi connectivity index (χ3n) is 4.35. The largest absolute Gasteiger partial charge is 0.456 e. The van der Waals surface area contributed by atoms with Gasteiger partial charge in [0.05, 0.1) is 16.5 Å². The molecule has 3 rings (SSSR count). The summed E-state index contributed by atoms with van der Waals surface area (Å²) in [6, 6.07) is 18.2. The molecule has 1 aromatic heterocycles. The first-order chi connectivity index (χ1) is 14.4. The second-order valence-electron chi connectivity index (χ2n) is 6.40. The van der Waals surface area contributed by atoms with Crippen LogP contribution in [-0.2, 0) is 4.79 Å². The average molecular weight is 422 g/mol. The zero-order valence-electron chi connectivity index (χ0n) is 15.8. The lowest BCUT2D eigenvalue weighted by molar-refractivity contribution is -0.384. The van der Waals surface area contributed by atoms with Crippen LogP contribution in [0.1, 0.15) is 24.3 Å². The van der Waals surface area contributed by atoms with Gasteiger partial charge in [0.15, 0.2) is 0 Å². The average Bonchev–Trinajstić information content (AvgIpc) is 3.20. The molecule has 0 saturated carbocycles. The second-order valence-corrected chi connectivity index (χ2v) is 6.83. The molecule has 1 heterocycles. The quantitative estimate of drug-likeness (QED) is 0.251. The van der Waals surface area contributed by atoms with Crippen molar-refractivity contribution in [3.63, 3.8) is 0 Å². The van der Waals surface area contributed by atoms with E-state index in [0.717, 1.165) is 5.56 Å². The maximum absolute atomic E-state index is 12.5. The SMILES string of the molecule is C[C@@H](NC(=O)/C(C#N)=C\c1ccc(-c2ccc(Cl)cc2[N+](=O)[O-])o1)c1ccccc1. The maximum Gasteiger partial charge on any atom is 0.281 e. The Hall–Kier alpha value is -3.89. The van der Waals surface area contributed by atoms with Crippen LogP contribution in [0.15, 0.2) is 70.7 Å². The summed E-state index contributed by atoms with van der Waals surface area (Å²) < 4.78 is 5.62. The van der Waals surface area contributed by atoms with Gasteiger partial charge in [-0.05, 0) is 36.8 Å². The van der Waals surface area contributed by atoms with E-state index >= 15 is 0 Å². The molecular weight excluding hydrogens is 406 g/mol. The van der Waals surface area contributed by atoms with E-state index in [9.17, 15) is 20.2 Å². The van der Waals surface area contributed by atoms with Gasteiger partial charge in [-0.25, -0.2) is 0 Å². The van der Waals surface area contributed by atoms with E-state index < -0.39 is 10.8 Å². The number of benzene rings is 2. The normalized spacial score (nSPS) is 12.1. The molecule has 0 aliphatic rings. The van der Waals surface area contributed by atoms with Crippen molar-refractivity contribution in [3.05, 3.63) is 92.7 Å². The summed E-state index contributed by atoms with van der Waals surface area (Å²) in [4.78, 5) is 23.2. The highest BCUT2D eigenvalue weighted by molar-refractivity contribution is 6.30. The predicted octanol–water partition coefficient (Wildman–Crippen LogP) is 5.29. The van der Waals surface area contributed by atoms with E-state index in [2.05, 4.69) is 5.32 Å². The number of nitro groups is 1. The third-order valence-corrected chi connectivity index (χ3v) is 4.58. The molecule has 1 amide bonds. The van der Waals surface area contributed by atoms with Crippen LogP contribution in [0.4, 0.5) is 5.69 Å². The molecule has 30 heavy (non-hydrogen) atoms. The molecule has 0 bridgehead atoms. The summed E-state index contributed by atoms with van der Waals surface area (Å²) in [5.41, 5.74) is 0.787. The first-order valence-electron chi connectivity index (χ1n) is 8.91. The number of carbonyl (C=O) groups is 1. The Labute approximate surface area is 177 Å². The second kappa shape index (κ2) is 9.07. The molecule has 7 nitrogen and oxygen atoms in total. The van der Waals surface area contributed by atoms with Gasteiger partial charge in [-0.1, -0.05) is 41.9 Å². The molecule has 1 N–H and O–H groups in total. The first-order valence-corrected chi connectivity index (χ1v) is 9.28. The molecule has 0 fully saturated rings. The Morgan fingerprint density at radius 2 is 1.97 bits per heavy atom. The maximum atomic E-state index is 12.5. The lowest BCUT2D eigenvalue weighted by atomic mass is 10.1. The molecule has 0 spiro atoms. The number of amides is 1. The first kappa shape index (κ1) is 20.8. The lowest BCUT2D eigenvalue weighted by Crippen LogP contribution is -2.27. The van der Waals surface area contributed by atoms with Gasteiger partial charge >= 0.3 is 0 Å². The van der Waals surface area contributed by atoms with Gasteiger partial charge in [0, 0.05) is 17.2 Å². The Morgan fingerprint density at radius 3 is 2.63 bits per heavy atom. The van der Waals surface area contributed by atoms with Crippen molar-refractivity contribution in [2.75, 3.05) is 0 Å². The van der Waals surface area contributed by atoms with Gasteiger partial charge in [0.2, 0.25) is 0 Å². The van der Waals surface area contributed by atoms with E-state index in [0.29, 0.717) is 0 Å². The highest BCUT2D eigenvalue weighted by Crippen LogP contribution is 2.33. The molecule has 1 atom stereocenters. The van der Waals surface area contributed by atoms with Crippen LogP contribution in [0.25, 0.3) is 17.4 Å². The van der Waals surface area contributed by atoms with E-state index in [1.165, 1.54) is 36.4 Å². The van der Waals surface area contributed by atoms with Gasteiger partial charge in [0.25, 0.3) is 11.6 Å². The van der Waals surface area contributed by atoms with Crippen molar-refractivity contribution in [2.45, 2.75) is 13.0 Å². The number of halogens is 1. The van der Waals surface area contributed by atoms with E-state index in [-0.39, 0.29) is 39.4 Å². The minimum Gasteiger partial charge on any atom is -0.456 e. The number of nitrogens with one attached hydrogen (secondary N) is 1. The van der Waals surface area contributed by atoms with E-state index in [1.54, 1.807) is 0 Å². The van der Waals surface area contributed by atoms with Gasteiger partial charge in [-0.15, -0.1) is 0 Å². The number of carbonyl (C=O) groups excluding carboxylic acids is 1. The van der Waals surface area contributed by atoms with Crippen LogP contribution in [-0.4, -0.2) is 10.8 Å². The smallest absolute Gasteiger partial charge is 0.281 e. The fourth-order valence-corrected chi connectivity index (χ4v) is 3.00. The zero-order valence-corrected chi connectivity index (χ0v) is 16.6. The fourth-order valence-electron chi connectivity index (χ4n) is 2.83. The van der Waals surface area contributed by atoms with Crippen molar-refractivity contribution in [1.82, 2.24) is 5.32 Å². The minimum absolute atomic E-state index is 0.149. The number of rotatable bonds is 6. The standard InChI is InChI=1S/C22H16ClN3O4/c1-14(15-5-3-2-4-6-15)25-22(27)16(13-24)11-18-8-10-21(30-18)19-9-7-17(23)12-20(19)26(28)29/h2-12,14H,1H3,(H,25,27)/b16-11-/t14-/m1/s1. The molecule has 0 aliphatic carbocycles. The summed E-state index contributed by atoms with van der Waals surface area (Å²) in [6.45, 7) is 1.81. The van der Waals surface area contributed by atoms with Crippen molar-refractivity contribution in [3.8, 4) is 17.4 Å². The minimum atomic E-state index is -0.557. The van der Waals surface area contributed by atoms with Crippen LogP contribution in [0.2, 0.25) is 5.02 Å². The summed E-state index contributed by atoms with van der Waals surface area (Å²) >= 11 is 5.84. The fraction of sp³-hybridized carbons (Fsp3) is 0.0909. The van der Waals surface area contributed by atoms with Crippen molar-refractivity contribution < 1.29 is 14.1 Å². The Morgan fingerprint density at radius 1 is 1.23 bits per heavy atom. The summed E-state index contributed by atoms with van der Waals surface area (Å²) in [5, 5.41) is 23.7. The molecule has 0 saturated heterocycles. The van der Waals surface area contributed by atoms with Crippen molar-refractivity contribution >= 4 is 29.3 Å². The van der Waals surface area contributed by atoms with E-state index in [4.69, 9.17) is 16.0 Å². The molecule has 150 valence electrons. The monoisotopic (exact) mass is 421 g/mol. The highest BCUT2D eigenvalue weighted by atomic mass is 35.5. The molecule has 0 aliphatic heterocycles. The van der Waals surface area contributed by atoms with Crippen molar-refractivity contribution in [1.29, 1.82) is 5.26 Å². The number of nitriles is 1. The Balaban J connectivity index is 1.83. The van der Waals surface area contributed by atoms with Gasteiger partial charge < -0.3 is 9.73 Å². The van der Waals surface area contributed by atoms with Crippen molar-refractivity contribution in [2.24, 2.45) is 0 Å². The Kier molecular flexibility index (Phi) is 6.30. The molecule has 2 aromatic carbocycles. The zero-order chi connectivity index (χ0) is 21.7. The lowest BCUT2D eigenvalue weighted by Gasteiger charge is -2.13. The molecular formula is C22H16ClN3O4. The summed E-state index contributed by atoms with van der Waals surface area (Å²) in [5.74, 6) is -0.113. The van der Waals surface area contributed by atoms with Crippen LogP contribution in [0.3, 0.4) is 0 Å². The van der Waals surface area contributed by atoms with Crippen LogP contribution < -0.4 is 5.32 Å². The number of nitrogens with zero attached hydrogens (tertiary/aromatic N) is 2. The van der Waals surface area contributed by atoms with E-state index in [1.807, 2.05) is 43.3 Å². The molecule has 8 heteroatoms. The highest BCUT2D eigenvalue weighted by Gasteiger charge is 2.19. The predicted molar refractivity (Wildman–Crippen MR) is 112 cm³/mol.